The first-order valence-electron chi connectivity index (χ1n) is 6.05. The summed E-state index contributed by atoms with van der Waals surface area (Å²) in [5.41, 5.74) is 1.35. The molecule has 0 saturated carbocycles. The number of sulfonamides is 1. The number of nitrogens with zero attached hydrogens (tertiary/aromatic N) is 1. The summed E-state index contributed by atoms with van der Waals surface area (Å²) in [6, 6.07) is 13.2. The second kappa shape index (κ2) is 5.26. The maximum absolute atomic E-state index is 12.7. The molecule has 21 heavy (non-hydrogen) atoms. The number of aryl methyl sites for hydroxylation is 1. The standard InChI is InChI=1S/C14H11ClINO3S/c1-10-6-8-11(9-7-10)21(19,20)17-14(18)12-4-2-3-5-13(12)16(17)15/h2-9H,1H3. The van der Waals surface area contributed by atoms with E-state index in [1.807, 2.05) is 6.92 Å². The van der Waals surface area contributed by atoms with Crippen molar-refractivity contribution in [1.29, 1.82) is 0 Å². The fraction of sp³-hybridized carbons (Fsp3) is 0.0714. The molecule has 1 aliphatic rings. The number of amides is 1. The first-order valence-corrected chi connectivity index (χ1v) is 12.3. The Bertz CT molecular complexity index is 820. The Morgan fingerprint density at radius 3 is 2.29 bits per heavy atom. The molecule has 7 heteroatoms. The third kappa shape index (κ3) is 2.35. The average Bonchev–Trinajstić information content (AvgIpc) is 2.72. The molecule has 0 N–H and O–H groups in total. The predicted octanol–water partition coefficient (Wildman–Crippen LogP) is 3.58. The van der Waals surface area contributed by atoms with Gasteiger partial charge >= 0.3 is 135 Å². The third-order valence-electron chi connectivity index (χ3n) is 3.10. The van der Waals surface area contributed by atoms with Crippen LogP contribution in [0.1, 0.15) is 15.9 Å². The van der Waals surface area contributed by atoms with E-state index < -0.39 is 34.9 Å². The van der Waals surface area contributed by atoms with Gasteiger partial charge in [-0.25, -0.2) is 0 Å². The van der Waals surface area contributed by atoms with E-state index in [1.165, 1.54) is 12.1 Å². The van der Waals surface area contributed by atoms with Gasteiger partial charge < -0.3 is 0 Å². The molecule has 2 aromatic carbocycles. The van der Waals surface area contributed by atoms with Crippen molar-refractivity contribution in [3.63, 3.8) is 0 Å². The Labute approximate surface area is 134 Å². The van der Waals surface area contributed by atoms with Crippen LogP contribution in [0.15, 0.2) is 53.4 Å². The van der Waals surface area contributed by atoms with Gasteiger partial charge in [0.05, 0.1) is 0 Å². The van der Waals surface area contributed by atoms with Crippen LogP contribution in [0, 0.1) is 10.5 Å². The van der Waals surface area contributed by atoms with Crippen molar-refractivity contribution in [2.75, 3.05) is 0 Å². The summed E-state index contributed by atoms with van der Waals surface area (Å²) in [4.78, 5) is 12.5. The van der Waals surface area contributed by atoms with Gasteiger partial charge in [-0.3, -0.25) is 0 Å². The van der Waals surface area contributed by atoms with Crippen LogP contribution in [0.25, 0.3) is 0 Å². The molecule has 1 amide bonds. The van der Waals surface area contributed by atoms with Crippen LogP contribution in [0.2, 0.25) is 0 Å². The molecular weight excluding hydrogens is 425 g/mol. The van der Waals surface area contributed by atoms with Gasteiger partial charge in [0.1, 0.15) is 0 Å². The van der Waals surface area contributed by atoms with Crippen molar-refractivity contribution in [1.82, 2.24) is 2.52 Å². The summed E-state index contributed by atoms with van der Waals surface area (Å²) in [5, 5.41) is 0. The quantitative estimate of drug-likeness (QED) is 0.535. The molecule has 0 bridgehead atoms. The van der Waals surface area contributed by atoms with Gasteiger partial charge in [0.15, 0.2) is 0 Å². The number of hydrogen-bond acceptors (Lipinski definition) is 3. The Morgan fingerprint density at radius 2 is 1.67 bits per heavy atom. The van der Waals surface area contributed by atoms with E-state index in [0.717, 1.165) is 8.08 Å². The van der Waals surface area contributed by atoms with Crippen molar-refractivity contribution >= 4 is 43.8 Å². The molecule has 0 unspecified atom stereocenters. The summed E-state index contributed by atoms with van der Waals surface area (Å²) in [5.74, 6) is -0.522. The van der Waals surface area contributed by atoms with Crippen LogP contribution >= 0.6 is 27.9 Å². The predicted molar refractivity (Wildman–Crippen MR) is 89.5 cm³/mol. The van der Waals surface area contributed by atoms with Gasteiger partial charge in [0.2, 0.25) is 0 Å². The number of rotatable bonds is 2. The molecule has 0 fully saturated rings. The second-order valence-corrected chi connectivity index (χ2v) is 12.2. The molecule has 1 heterocycles. The first-order chi connectivity index (χ1) is 9.93. The van der Waals surface area contributed by atoms with E-state index in [9.17, 15) is 13.2 Å². The molecule has 0 aromatic heterocycles. The average molecular weight is 436 g/mol. The Hall–Kier alpha value is -1.12. The molecular formula is C14H11ClINO3S. The fourth-order valence-electron chi connectivity index (χ4n) is 2.01. The van der Waals surface area contributed by atoms with Crippen LogP contribution in [0.3, 0.4) is 0 Å². The molecule has 3 rings (SSSR count). The third-order valence-corrected chi connectivity index (χ3v) is 12.5. The summed E-state index contributed by atoms with van der Waals surface area (Å²) in [7, 11) is 2.45. The van der Waals surface area contributed by atoms with E-state index in [4.69, 9.17) is 8.91 Å². The number of hydrogen-bond donors (Lipinski definition) is 0. The second-order valence-electron chi connectivity index (χ2n) is 4.54. The summed E-state index contributed by atoms with van der Waals surface area (Å²) >= 11 is -2.76. The Balaban J connectivity index is 2.09. The van der Waals surface area contributed by atoms with Gasteiger partial charge in [-0.1, -0.05) is 0 Å². The van der Waals surface area contributed by atoms with Gasteiger partial charge in [-0.15, -0.1) is 0 Å². The fourth-order valence-corrected chi connectivity index (χ4v) is 10.8. The Morgan fingerprint density at radius 1 is 1.05 bits per heavy atom. The van der Waals surface area contributed by atoms with E-state index >= 15 is 0 Å². The molecule has 4 nitrogen and oxygen atoms in total. The molecule has 0 atom stereocenters. The van der Waals surface area contributed by atoms with E-state index in [-0.39, 0.29) is 4.90 Å². The van der Waals surface area contributed by atoms with Gasteiger partial charge in [0.25, 0.3) is 0 Å². The minimum absolute atomic E-state index is 0.0946. The van der Waals surface area contributed by atoms with E-state index in [1.54, 1.807) is 36.4 Å². The van der Waals surface area contributed by atoms with Crippen molar-refractivity contribution in [2.24, 2.45) is 0 Å². The summed E-state index contributed by atoms with van der Waals surface area (Å²) < 4.78 is 27.0. The monoisotopic (exact) mass is 435 g/mol. The van der Waals surface area contributed by atoms with Crippen LogP contribution in [0.5, 0.6) is 0 Å². The van der Waals surface area contributed by atoms with E-state index in [0.29, 0.717) is 9.13 Å². The van der Waals surface area contributed by atoms with Crippen LogP contribution < -0.4 is 0 Å². The number of carbonyl (C=O) groups excluding carboxylic acids is 1. The number of halogens is 2. The summed E-state index contributed by atoms with van der Waals surface area (Å²) in [6.45, 7) is 1.87. The maximum atomic E-state index is 12.7. The van der Waals surface area contributed by atoms with Gasteiger partial charge in [-0.2, -0.15) is 0 Å². The Kier molecular flexibility index (Phi) is 3.71. The number of carbonyl (C=O) groups is 1. The normalized spacial score (nSPS) is 16.2. The van der Waals surface area contributed by atoms with E-state index in [2.05, 4.69) is 0 Å². The molecule has 0 radical (unpaired) electrons. The van der Waals surface area contributed by atoms with Crippen molar-refractivity contribution in [3.8, 4) is 0 Å². The first kappa shape index (κ1) is 14.8. The van der Waals surface area contributed by atoms with Crippen LogP contribution in [0.4, 0.5) is 0 Å². The van der Waals surface area contributed by atoms with Crippen LogP contribution in [-0.2, 0) is 10.0 Å². The molecule has 0 aliphatic carbocycles. The van der Waals surface area contributed by atoms with Crippen molar-refractivity contribution < 1.29 is 13.2 Å². The molecule has 2 aromatic rings. The molecule has 110 valence electrons. The zero-order valence-electron chi connectivity index (χ0n) is 11.0. The van der Waals surface area contributed by atoms with Crippen molar-refractivity contribution in [2.45, 2.75) is 11.8 Å². The number of benzene rings is 2. The van der Waals surface area contributed by atoms with Gasteiger partial charge in [-0.05, 0) is 0 Å². The summed E-state index contributed by atoms with van der Waals surface area (Å²) in [6.07, 6.45) is 0. The zero-order valence-corrected chi connectivity index (χ0v) is 14.7. The number of fused-ring (bicyclic) bond motifs is 1. The molecule has 1 aliphatic heterocycles. The van der Waals surface area contributed by atoms with Crippen molar-refractivity contribution in [3.05, 3.63) is 63.2 Å². The minimum atomic E-state index is -3.90. The zero-order chi connectivity index (χ0) is 15.2. The molecule has 0 saturated heterocycles. The molecule has 0 spiro atoms. The SMILES string of the molecule is Cc1ccc(S(=O)(=O)N2C(=O)c3ccccc3I2Cl)cc1. The van der Waals surface area contributed by atoms with Gasteiger partial charge in [0, 0.05) is 0 Å². The van der Waals surface area contributed by atoms with Crippen LogP contribution in [-0.4, -0.2) is 16.8 Å². The topological polar surface area (TPSA) is 54.5 Å².